The lowest BCUT2D eigenvalue weighted by molar-refractivity contribution is -0.126. The molecule has 0 radical (unpaired) electrons. The third-order valence-electron chi connectivity index (χ3n) is 8.37. The van der Waals surface area contributed by atoms with Gasteiger partial charge >= 0.3 is 6.09 Å². The molecule has 1 aromatic rings. The first kappa shape index (κ1) is 36.5. The molecule has 5 N–H and O–H groups in total. The van der Waals surface area contributed by atoms with Gasteiger partial charge in [-0.1, -0.05) is 82.9 Å². The van der Waals surface area contributed by atoms with Gasteiger partial charge in [-0.25, -0.2) is 4.79 Å². The molecule has 0 aliphatic heterocycles. The molecular formula is C35H56N2O6. The van der Waals surface area contributed by atoms with Gasteiger partial charge in [0.1, 0.15) is 11.4 Å². The predicted octanol–water partition coefficient (Wildman–Crippen LogP) is 5.87. The van der Waals surface area contributed by atoms with Crippen molar-refractivity contribution >= 4 is 17.8 Å². The number of primary amides is 1. The second-order valence-electron chi connectivity index (χ2n) is 14.0. The Hall–Kier alpha value is -2.71. The van der Waals surface area contributed by atoms with E-state index >= 15 is 0 Å². The molecular weight excluding hydrogens is 544 g/mol. The number of benzene rings is 1. The highest BCUT2D eigenvalue weighted by Gasteiger charge is 2.33. The summed E-state index contributed by atoms with van der Waals surface area (Å²) in [5.41, 5.74) is 5.80. The molecule has 8 nitrogen and oxygen atoms in total. The number of rotatable bonds is 17. The number of aliphatic hydroxyl groups excluding tert-OH is 2. The summed E-state index contributed by atoms with van der Waals surface area (Å²) in [5.74, 6) is -0.848. The summed E-state index contributed by atoms with van der Waals surface area (Å²) < 4.78 is 5.48. The number of Topliss-reactive ketones (excluding diaryl/α,β-unsaturated/α-hetero) is 1. The zero-order valence-corrected chi connectivity index (χ0v) is 27.0. The third kappa shape index (κ3) is 14.1. The number of nitrogens with two attached hydrogens (primary N) is 1. The van der Waals surface area contributed by atoms with Crippen LogP contribution in [0.25, 0.3) is 0 Å². The van der Waals surface area contributed by atoms with Crippen molar-refractivity contribution < 1.29 is 29.3 Å². The summed E-state index contributed by atoms with van der Waals surface area (Å²) in [6, 6.07) is 8.92. The molecule has 2 amide bonds. The van der Waals surface area contributed by atoms with E-state index in [-0.39, 0.29) is 42.5 Å². The van der Waals surface area contributed by atoms with Crippen molar-refractivity contribution in [3.8, 4) is 0 Å². The van der Waals surface area contributed by atoms with Gasteiger partial charge in [-0.2, -0.15) is 0 Å². The molecule has 0 heterocycles. The van der Waals surface area contributed by atoms with Gasteiger partial charge in [0.05, 0.1) is 18.2 Å². The number of ether oxygens (including phenoxy) is 1. The Labute approximate surface area is 258 Å². The number of nitrogens with one attached hydrogen (secondary N) is 1. The van der Waals surface area contributed by atoms with E-state index in [2.05, 4.69) is 11.9 Å². The van der Waals surface area contributed by atoms with Crippen molar-refractivity contribution in [2.24, 2.45) is 29.4 Å². The van der Waals surface area contributed by atoms with E-state index < -0.39 is 41.8 Å². The molecule has 43 heavy (non-hydrogen) atoms. The van der Waals surface area contributed by atoms with E-state index in [0.717, 1.165) is 31.2 Å². The SMILES string of the molecule is C=C(CC(O)C(CC(=O)C(CC(C)C)CC(O)C(Cc1ccccc1)NC(=O)OC(C)(C)C)CC1CCCCC1)C(N)=O. The van der Waals surface area contributed by atoms with Crippen molar-refractivity contribution in [2.75, 3.05) is 0 Å². The molecule has 0 bridgehead atoms. The lowest BCUT2D eigenvalue weighted by Crippen LogP contribution is -2.47. The monoisotopic (exact) mass is 600 g/mol. The Bertz CT molecular complexity index is 1030. The average Bonchev–Trinajstić information content (AvgIpc) is 2.91. The molecule has 0 aromatic heterocycles. The van der Waals surface area contributed by atoms with Crippen molar-refractivity contribution in [3.05, 3.63) is 48.0 Å². The van der Waals surface area contributed by atoms with Crippen LogP contribution < -0.4 is 11.1 Å². The topological polar surface area (TPSA) is 139 Å². The molecule has 0 spiro atoms. The summed E-state index contributed by atoms with van der Waals surface area (Å²) in [4.78, 5) is 38.3. The average molecular weight is 601 g/mol. The fourth-order valence-corrected chi connectivity index (χ4v) is 6.17. The summed E-state index contributed by atoms with van der Waals surface area (Å²) in [5, 5.41) is 25.5. The van der Waals surface area contributed by atoms with Gasteiger partial charge in [-0.3, -0.25) is 9.59 Å². The minimum atomic E-state index is -1.00. The van der Waals surface area contributed by atoms with E-state index in [9.17, 15) is 24.6 Å². The van der Waals surface area contributed by atoms with E-state index in [4.69, 9.17) is 10.5 Å². The van der Waals surface area contributed by atoms with Gasteiger partial charge in [0.15, 0.2) is 0 Å². The maximum atomic E-state index is 13.9. The van der Waals surface area contributed by atoms with Gasteiger partial charge < -0.3 is 26.0 Å². The van der Waals surface area contributed by atoms with Crippen molar-refractivity contribution in [3.63, 3.8) is 0 Å². The molecule has 1 saturated carbocycles. The minimum absolute atomic E-state index is 0.0203. The first-order valence-electron chi connectivity index (χ1n) is 16.0. The molecule has 2 rings (SSSR count). The highest BCUT2D eigenvalue weighted by molar-refractivity contribution is 5.91. The van der Waals surface area contributed by atoms with E-state index in [1.807, 2.05) is 44.2 Å². The van der Waals surface area contributed by atoms with Gasteiger partial charge in [-0.15, -0.1) is 0 Å². The van der Waals surface area contributed by atoms with Crippen LogP contribution in [-0.2, 0) is 20.7 Å². The van der Waals surface area contributed by atoms with Gasteiger partial charge in [0.25, 0.3) is 0 Å². The maximum absolute atomic E-state index is 13.9. The molecule has 8 heteroatoms. The number of alkyl carbamates (subject to hydrolysis) is 1. The Morgan fingerprint density at radius 1 is 1.00 bits per heavy atom. The fourth-order valence-electron chi connectivity index (χ4n) is 6.17. The summed E-state index contributed by atoms with van der Waals surface area (Å²) >= 11 is 0. The molecule has 1 aromatic carbocycles. The van der Waals surface area contributed by atoms with Gasteiger partial charge in [0.2, 0.25) is 5.91 Å². The number of hydrogen-bond donors (Lipinski definition) is 4. The van der Waals surface area contributed by atoms with E-state index in [1.54, 1.807) is 20.8 Å². The van der Waals surface area contributed by atoms with E-state index in [1.165, 1.54) is 6.42 Å². The summed E-state index contributed by atoms with van der Waals surface area (Å²) in [6.07, 6.45) is 5.11. The van der Waals surface area contributed by atoms with Crippen LogP contribution in [0.2, 0.25) is 0 Å². The second kappa shape index (κ2) is 17.6. The number of hydrogen-bond acceptors (Lipinski definition) is 6. The molecule has 1 aliphatic carbocycles. The third-order valence-corrected chi connectivity index (χ3v) is 8.37. The number of amides is 2. The quantitative estimate of drug-likeness (QED) is 0.165. The van der Waals surface area contributed by atoms with Crippen LogP contribution in [0.1, 0.15) is 104 Å². The van der Waals surface area contributed by atoms with Crippen LogP contribution in [0, 0.1) is 23.7 Å². The van der Waals surface area contributed by atoms with Crippen LogP contribution in [0.4, 0.5) is 4.79 Å². The highest BCUT2D eigenvalue weighted by atomic mass is 16.6. The molecule has 1 aliphatic rings. The summed E-state index contributed by atoms with van der Waals surface area (Å²) in [7, 11) is 0. The van der Waals surface area contributed by atoms with Crippen LogP contribution in [0.5, 0.6) is 0 Å². The normalized spacial score (nSPS) is 17.9. The number of aliphatic hydroxyl groups is 2. The van der Waals surface area contributed by atoms with Crippen molar-refractivity contribution in [1.82, 2.24) is 5.32 Å². The molecule has 242 valence electrons. The Balaban J connectivity index is 2.24. The van der Waals surface area contributed by atoms with Crippen LogP contribution in [0.15, 0.2) is 42.5 Å². The van der Waals surface area contributed by atoms with Gasteiger partial charge in [0, 0.05) is 24.3 Å². The van der Waals surface area contributed by atoms with Crippen LogP contribution in [0.3, 0.4) is 0 Å². The molecule has 5 unspecified atom stereocenters. The second-order valence-corrected chi connectivity index (χ2v) is 14.0. The Morgan fingerprint density at radius 2 is 1.63 bits per heavy atom. The molecule has 5 atom stereocenters. The van der Waals surface area contributed by atoms with E-state index in [0.29, 0.717) is 25.2 Å². The Morgan fingerprint density at radius 3 is 2.19 bits per heavy atom. The number of carbonyl (C=O) groups is 3. The summed E-state index contributed by atoms with van der Waals surface area (Å²) in [6.45, 7) is 13.1. The maximum Gasteiger partial charge on any atom is 0.407 e. The lowest BCUT2D eigenvalue weighted by atomic mass is 9.76. The molecule has 1 fully saturated rings. The first-order chi connectivity index (χ1) is 20.1. The van der Waals surface area contributed by atoms with Crippen molar-refractivity contribution in [2.45, 2.75) is 129 Å². The fraction of sp³-hybridized carbons (Fsp3) is 0.686. The minimum Gasteiger partial charge on any atom is -0.444 e. The number of ketones is 1. The highest BCUT2D eigenvalue weighted by Crippen LogP contribution is 2.34. The zero-order chi connectivity index (χ0) is 32.2. The number of carbonyl (C=O) groups excluding carboxylic acids is 3. The smallest absolute Gasteiger partial charge is 0.407 e. The van der Waals surface area contributed by atoms with Gasteiger partial charge in [-0.05, 0) is 69.8 Å². The predicted molar refractivity (Wildman–Crippen MR) is 170 cm³/mol. The first-order valence-corrected chi connectivity index (χ1v) is 16.0. The molecule has 0 saturated heterocycles. The lowest BCUT2D eigenvalue weighted by Gasteiger charge is -2.32. The Kier molecular flexibility index (Phi) is 14.9. The largest absolute Gasteiger partial charge is 0.444 e. The van der Waals surface area contributed by atoms with Crippen LogP contribution in [-0.4, -0.2) is 51.8 Å². The zero-order valence-electron chi connectivity index (χ0n) is 27.0. The van der Waals surface area contributed by atoms with Crippen molar-refractivity contribution in [1.29, 1.82) is 0 Å². The van der Waals surface area contributed by atoms with Crippen LogP contribution >= 0.6 is 0 Å². The standard InChI is InChI=1S/C35H56N2O6/c1-23(2)17-27(22-32(40)29(20-26-15-11-8-12-16-26)37-34(42)43-35(4,5)6)31(39)21-28(19-25-13-9-7-10-14-25)30(38)18-24(3)33(36)41/h8,11-12,15-16,23,25,27-30,32,38,40H,3,7,9-10,13-14,17-22H2,1-2,4-6H3,(H2,36,41)(H,37,42).